The van der Waals surface area contributed by atoms with Crippen LogP contribution in [0.4, 0.5) is 0 Å². The van der Waals surface area contributed by atoms with Crippen LogP contribution in [0.3, 0.4) is 0 Å². The lowest BCUT2D eigenvalue weighted by molar-refractivity contribution is 1.17. The average molecular weight is 535 g/mol. The average Bonchev–Trinajstić information content (AvgIpc) is 3.58. The Balaban J connectivity index is 1.52. The van der Waals surface area contributed by atoms with Gasteiger partial charge in [0.2, 0.25) is 0 Å². The number of para-hydroxylation sites is 4. The number of hydrogen-bond donors (Lipinski definition) is 0. The minimum atomic E-state index is 0.633. The smallest absolute Gasteiger partial charge is 0.101 e. The molecule has 2 heterocycles. The molecule has 0 saturated carbocycles. The van der Waals surface area contributed by atoms with Crippen molar-refractivity contribution in [3.63, 3.8) is 0 Å². The highest BCUT2D eigenvalue weighted by Gasteiger charge is 2.21. The zero-order valence-electron chi connectivity index (χ0n) is 22.5. The van der Waals surface area contributed by atoms with Crippen molar-refractivity contribution in [1.82, 2.24) is 9.13 Å². The van der Waals surface area contributed by atoms with E-state index in [2.05, 4.69) is 106 Å². The Morgan fingerprint density at radius 3 is 1.86 bits per heavy atom. The number of nitriles is 2. The van der Waals surface area contributed by atoms with Crippen molar-refractivity contribution in [2.45, 2.75) is 0 Å². The van der Waals surface area contributed by atoms with Crippen molar-refractivity contribution >= 4 is 43.6 Å². The molecule has 4 heteroatoms. The predicted octanol–water partition coefficient (Wildman–Crippen LogP) is 9.29. The van der Waals surface area contributed by atoms with Crippen LogP contribution in [0.2, 0.25) is 0 Å². The Bertz CT molecular complexity index is 2430. The van der Waals surface area contributed by atoms with Crippen LogP contribution in [0.1, 0.15) is 11.1 Å². The SMILES string of the molecule is N#Cc1ccc(-n2c3ccccc3c3cccc(-c4cccc5c4c4ccccc4n5-c4ccccc4C#N)c32)cc1. The molecule has 8 aromatic rings. The van der Waals surface area contributed by atoms with Gasteiger partial charge < -0.3 is 9.13 Å². The van der Waals surface area contributed by atoms with Crippen LogP contribution in [0.25, 0.3) is 66.1 Å². The summed E-state index contributed by atoms with van der Waals surface area (Å²) in [6.45, 7) is 0. The topological polar surface area (TPSA) is 57.4 Å². The quantitative estimate of drug-likeness (QED) is 0.227. The standard InChI is InChI=1S/C38H22N4/c39-23-25-19-21-27(22-20-25)41-34-16-5-2-10-28(34)30-13-7-14-31(38(30)41)29-12-8-18-36-37(29)32-11-3-6-17-35(32)42(36)33-15-4-1-9-26(33)24-40/h1-22H. The van der Waals surface area contributed by atoms with Gasteiger partial charge in [0.15, 0.2) is 0 Å². The molecule has 0 unspecified atom stereocenters. The molecule has 0 N–H and O–H groups in total. The summed E-state index contributed by atoms with van der Waals surface area (Å²) in [6.07, 6.45) is 0. The van der Waals surface area contributed by atoms with Crippen LogP contribution in [0.5, 0.6) is 0 Å². The van der Waals surface area contributed by atoms with Gasteiger partial charge in [0.05, 0.1) is 45.0 Å². The van der Waals surface area contributed by atoms with Crippen LogP contribution < -0.4 is 0 Å². The lowest BCUT2D eigenvalue weighted by Crippen LogP contribution is -1.97. The summed E-state index contributed by atoms with van der Waals surface area (Å²) in [5, 5.41) is 24.0. The molecule has 194 valence electrons. The van der Waals surface area contributed by atoms with E-state index in [0.29, 0.717) is 11.1 Å². The largest absolute Gasteiger partial charge is 0.309 e. The number of nitrogens with zero attached hydrogens (tertiary/aromatic N) is 4. The maximum atomic E-state index is 9.97. The zero-order valence-corrected chi connectivity index (χ0v) is 22.5. The van der Waals surface area contributed by atoms with Crippen LogP contribution in [-0.4, -0.2) is 9.13 Å². The van der Waals surface area contributed by atoms with E-state index in [1.54, 1.807) is 0 Å². The van der Waals surface area contributed by atoms with Gasteiger partial charge in [0, 0.05) is 32.8 Å². The van der Waals surface area contributed by atoms with Gasteiger partial charge in [0.25, 0.3) is 0 Å². The Morgan fingerprint density at radius 1 is 0.452 bits per heavy atom. The Hall–Kier alpha value is -6.10. The van der Waals surface area contributed by atoms with E-state index in [1.165, 1.54) is 10.8 Å². The van der Waals surface area contributed by atoms with Gasteiger partial charge in [0.1, 0.15) is 6.07 Å². The summed E-state index contributed by atoms with van der Waals surface area (Å²) in [6, 6.07) is 50.1. The molecule has 0 fully saturated rings. The van der Waals surface area contributed by atoms with Crippen molar-refractivity contribution in [1.29, 1.82) is 10.5 Å². The Kier molecular flexibility index (Phi) is 5.22. The molecule has 0 atom stereocenters. The predicted molar refractivity (Wildman–Crippen MR) is 170 cm³/mol. The highest BCUT2D eigenvalue weighted by Crippen LogP contribution is 2.43. The minimum absolute atomic E-state index is 0.633. The molecule has 0 amide bonds. The van der Waals surface area contributed by atoms with E-state index in [4.69, 9.17) is 0 Å². The van der Waals surface area contributed by atoms with E-state index in [9.17, 15) is 10.5 Å². The third-order valence-corrected chi connectivity index (χ3v) is 8.20. The van der Waals surface area contributed by atoms with Crippen LogP contribution in [-0.2, 0) is 0 Å². The van der Waals surface area contributed by atoms with Gasteiger partial charge in [-0.2, -0.15) is 10.5 Å². The molecule has 0 spiro atoms. The van der Waals surface area contributed by atoms with Crippen molar-refractivity contribution in [2.75, 3.05) is 0 Å². The molecular weight excluding hydrogens is 512 g/mol. The maximum Gasteiger partial charge on any atom is 0.101 e. The molecule has 0 aliphatic carbocycles. The maximum absolute atomic E-state index is 9.97. The van der Waals surface area contributed by atoms with E-state index in [-0.39, 0.29) is 0 Å². The Morgan fingerprint density at radius 2 is 1.07 bits per heavy atom. The molecule has 42 heavy (non-hydrogen) atoms. The van der Waals surface area contributed by atoms with Crippen molar-refractivity contribution < 1.29 is 0 Å². The van der Waals surface area contributed by atoms with Gasteiger partial charge >= 0.3 is 0 Å². The number of hydrogen-bond acceptors (Lipinski definition) is 2. The molecule has 0 radical (unpaired) electrons. The summed E-state index contributed by atoms with van der Waals surface area (Å²) in [5.74, 6) is 0. The second kappa shape index (κ2) is 9.24. The summed E-state index contributed by atoms with van der Waals surface area (Å²) < 4.78 is 4.52. The van der Waals surface area contributed by atoms with Crippen LogP contribution >= 0.6 is 0 Å². The van der Waals surface area contributed by atoms with E-state index in [1.807, 2.05) is 48.5 Å². The Labute approximate surface area is 242 Å². The first-order valence-corrected chi connectivity index (χ1v) is 13.8. The number of aromatic nitrogens is 2. The minimum Gasteiger partial charge on any atom is -0.309 e. The van der Waals surface area contributed by atoms with Crippen LogP contribution in [0.15, 0.2) is 133 Å². The van der Waals surface area contributed by atoms with Gasteiger partial charge in [-0.1, -0.05) is 78.9 Å². The van der Waals surface area contributed by atoms with Gasteiger partial charge in [-0.05, 0) is 60.2 Å². The second-order valence-electron chi connectivity index (χ2n) is 10.4. The molecule has 0 saturated heterocycles. The first kappa shape index (κ1) is 23.8. The molecule has 0 aliphatic heterocycles. The fraction of sp³-hybridized carbons (Fsp3) is 0. The highest BCUT2D eigenvalue weighted by atomic mass is 15.0. The lowest BCUT2D eigenvalue weighted by Gasteiger charge is -2.13. The molecular formula is C38H22N4. The van der Waals surface area contributed by atoms with E-state index in [0.717, 1.165) is 55.3 Å². The highest BCUT2D eigenvalue weighted by molar-refractivity contribution is 6.20. The number of fused-ring (bicyclic) bond motifs is 6. The molecule has 0 bridgehead atoms. The molecule has 6 aromatic carbocycles. The third kappa shape index (κ3) is 3.33. The first-order chi connectivity index (χ1) is 20.8. The monoisotopic (exact) mass is 534 g/mol. The summed E-state index contributed by atoms with van der Waals surface area (Å²) in [5.41, 5.74) is 9.72. The van der Waals surface area contributed by atoms with E-state index < -0.39 is 0 Å². The first-order valence-electron chi connectivity index (χ1n) is 13.8. The normalized spacial score (nSPS) is 11.3. The molecule has 2 aromatic heterocycles. The van der Waals surface area contributed by atoms with Gasteiger partial charge in [-0.15, -0.1) is 0 Å². The van der Waals surface area contributed by atoms with Gasteiger partial charge in [-0.3, -0.25) is 0 Å². The summed E-state index contributed by atoms with van der Waals surface area (Å²) >= 11 is 0. The lowest BCUT2D eigenvalue weighted by atomic mass is 9.97. The molecule has 4 nitrogen and oxygen atoms in total. The van der Waals surface area contributed by atoms with Crippen molar-refractivity contribution in [3.05, 3.63) is 145 Å². The van der Waals surface area contributed by atoms with Gasteiger partial charge in [-0.25, -0.2) is 0 Å². The van der Waals surface area contributed by atoms with Crippen molar-refractivity contribution in [2.24, 2.45) is 0 Å². The second-order valence-corrected chi connectivity index (χ2v) is 10.4. The summed E-state index contributed by atoms with van der Waals surface area (Å²) in [7, 11) is 0. The van der Waals surface area contributed by atoms with Crippen molar-refractivity contribution in [3.8, 4) is 34.6 Å². The number of benzene rings is 6. The van der Waals surface area contributed by atoms with E-state index >= 15 is 0 Å². The number of rotatable bonds is 3. The molecule has 8 rings (SSSR count). The summed E-state index contributed by atoms with van der Waals surface area (Å²) in [4.78, 5) is 0. The molecule has 0 aliphatic rings. The fourth-order valence-electron chi connectivity index (χ4n) is 6.46. The van der Waals surface area contributed by atoms with Crippen LogP contribution in [0, 0.1) is 22.7 Å². The third-order valence-electron chi connectivity index (χ3n) is 8.20. The zero-order chi connectivity index (χ0) is 28.2. The fourth-order valence-corrected chi connectivity index (χ4v) is 6.46.